The Morgan fingerprint density at radius 2 is 1.76 bits per heavy atom. The third kappa shape index (κ3) is 2.36. The summed E-state index contributed by atoms with van der Waals surface area (Å²) in [7, 11) is 0. The van der Waals surface area contributed by atoms with Gasteiger partial charge in [-0.25, -0.2) is 0 Å². The summed E-state index contributed by atoms with van der Waals surface area (Å²) in [5.74, 6) is 0.144. The lowest BCUT2D eigenvalue weighted by Crippen LogP contribution is -2.30. The van der Waals surface area contributed by atoms with Crippen LogP contribution in [-0.4, -0.2) is 26.5 Å². The third-order valence-corrected chi connectivity index (χ3v) is 3.67. The van der Waals surface area contributed by atoms with Gasteiger partial charge in [0.25, 0.3) is 0 Å². The van der Waals surface area contributed by atoms with E-state index < -0.39 is 12.2 Å². The highest BCUT2D eigenvalue weighted by Crippen LogP contribution is 2.41. The molecule has 0 radical (unpaired) electrons. The van der Waals surface area contributed by atoms with Crippen molar-refractivity contribution in [1.82, 2.24) is 0 Å². The number of phenols is 3. The molecule has 2 aromatic rings. The highest BCUT2D eigenvalue weighted by atomic mass is 16.5. The van der Waals surface area contributed by atoms with Gasteiger partial charge in [0.2, 0.25) is 0 Å². The van der Waals surface area contributed by atoms with Crippen molar-refractivity contribution in [3.8, 4) is 23.0 Å². The van der Waals surface area contributed by atoms with Gasteiger partial charge in [0, 0.05) is 12.0 Å². The quantitative estimate of drug-likeness (QED) is 0.604. The smallest absolute Gasteiger partial charge is 0.157 e. The monoisotopic (exact) mass is 288 g/mol. The van der Waals surface area contributed by atoms with Crippen molar-refractivity contribution in [1.29, 1.82) is 0 Å². The zero-order chi connectivity index (χ0) is 15.1. The minimum absolute atomic E-state index is 0.107. The fraction of sp³-hybridized carbons (Fsp3) is 0.250. The number of fused-ring (bicyclic) bond motifs is 1. The van der Waals surface area contributed by atoms with Gasteiger partial charge >= 0.3 is 0 Å². The highest BCUT2D eigenvalue weighted by Gasteiger charge is 2.32. The van der Waals surface area contributed by atoms with Crippen molar-refractivity contribution in [2.24, 2.45) is 0 Å². The number of aliphatic hydroxyl groups excluding tert-OH is 1. The predicted octanol–water partition coefficient (Wildman–Crippen LogP) is 2.15. The summed E-state index contributed by atoms with van der Waals surface area (Å²) in [5, 5.41) is 39.1. The van der Waals surface area contributed by atoms with Crippen molar-refractivity contribution >= 4 is 0 Å². The largest absolute Gasteiger partial charge is 0.508 e. The van der Waals surface area contributed by atoms with Crippen LogP contribution in [0.2, 0.25) is 0 Å². The third-order valence-electron chi connectivity index (χ3n) is 3.67. The number of aromatic hydroxyl groups is 3. The van der Waals surface area contributed by atoms with Crippen LogP contribution in [0, 0.1) is 6.92 Å². The Bertz CT molecular complexity index is 695. The van der Waals surface area contributed by atoms with E-state index in [0.29, 0.717) is 16.9 Å². The van der Waals surface area contributed by atoms with Gasteiger partial charge in [-0.3, -0.25) is 0 Å². The van der Waals surface area contributed by atoms with Crippen LogP contribution < -0.4 is 4.74 Å². The standard InChI is InChI=1S/C16H16O5/c1-8-4-12(18)10-7-14(20)16(21-15(10)5-8)9-2-3-11(17)13(19)6-9/h2-6,14,16-20H,7H2,1H3. The molecule has 0 bridgehead atoms. The minimum Gasteiger partial charge on any atom is -0.508 e. The van der Waals surface area contributed by atoms with Crippen LogP contribution in [0.3, 0.4) is 0 Å². The molecule has 1 aliphatic heterocycles. The van der Waals surface area contributed by atoms with Gasteiger partial charge in [0.05, 0.1) is 6.10 Å². The van der Waals surface area contributed by atoms with E-state index in [-0.39, 0.29) is 23.7 Å². The van der Waals surface area contributed by atoms with Gasteiger partial charge < -0.3 is 25.2 Å². The first-order valence-electron chi connectivity index (χ1n) is 6.65. The molecule has 0 saturated heterocycles. The van der Waals surface area contributed by atoms with Gasteiger partial charge in [-0.1, -0.05) is 6.07 Å². The number of phenolic OH excluding ortho intramolecular Hbond substituents is 3. The van der Waals surface area contributed by atoms with E-state index in [1.165, 1.54) is 12.1 Å². The number of aryl methyl sites for hydroxylation is 1. The van der Waals surface area contributed by atoms with Crippen LogP contribution in [0.25, 0.3) is 0 Å². The fourth-order valence-electron chi connectivity index (χ4n) is 2.61. The molecule has 3 rings (SSSR count). The molecule has 110 valence electrons. The van der Waals surface area contributed by atoms with Crippen molar-refractivity contribution in [2.75, 3.05) is 0 Å². The second kappa shape index (κ2) is 4.86. The van der Waals surface area contributed by atoms with Crippen LogP contribution in [-0.2, 0) is 6.42 Å². The summed E-state index contributed by atoms with van der Waals surface area (Å²) in [4.78, 5) is 0. The molecule has 2 unspecified atom stereocenters. The molecule has 0 aromatic heterocycles. The maximum Gasteiger partial charge on any atom is 0.157 e. The van der Waals surface area contributed by atoms with Gasteiger partial charge in [-0.2, -0.15) is 0 Å². The van der Waals surface area contributed by atoms with Crippen LogP contribution in [0.15, 0.2) is 30.3 Å². The first kappa shape index (κ1) is 13.6. The lowest BCUT2D eigenvalue weighted by Gasteiger charge is -2.31. The maximum atomic E-state index is 10.2. The molecular formula is C16H16O5. The predicted molar refractivity (Wildman–Crippen MR) is 75.7 cm³/mol. The van der Waals surface area contributed by atoms with Crippen molar-refractivity contribution < 1.29 is 25.2 Å². The molecule has 2 atom stereocenters. The molecule has 0 amide bonds. The molecule has 0 aliphatic carbocycles. The van der Waals surface area contributed by atoms with Gasteiger partial charge in [0.15, 0.2) is 11.5 Å². The second-order valence-corrected chi connectivity index (χ2v) is 5.32. The summed E-state index contributed by atoms with van der Waals surface area (Å²) in [5.41, 5.74) is 1.99. The van der Waals surface area contributed by atoms with E-state index in [0.717, 1.165) is 5.56 Å². The fourth-order valence-corrected chi connectivity index (χ4v) is 2.61. The van der Waals surface area contributed by atoms with E-state index >= 15 is 0 Å². The Hall–Kier alpha value is -2.40. The SMILES string of the molecule is Cc1cc(O)c2c(c1)OC(c1ccc(O)c(O)c1)C(O)C2. The number of aliphatic hydroxyl groups is 1. The molecule has 1 heterocycles. The van der Waals surface area contributed by atoms with Crippen LogP contribution >= 0.6 is 0 Å². The first-order chi connectivity index (χ1) is 9.95. The van der Waals surface area contributed by atoms with Gasteiger partial charge in [0.1, 0.15) is 17.6 Å². The first-order valence-corrected chi connectivity index (χ1v) is 6.65. The van der Waals surface area contributed by atoms with Gasteiger partial charge in [-0.05, 0) is 42.3 Å². The molecule has 5 nitrogen and oxygen atoms in total. The number of rotatable bonds is 1. The van der Waals surface area contributed by atoms with Crippen LogP contribution in [0.1, 0.15) is 22.8 Å². The Morgan fingerprint density at radius 3 is 2.48 bits per heavy atom. The Kier molecular flexibility index (Phi) is 3.14. The summed E-state index contributed by atoms with van der Waals surface area (Å²) >= 11 is 0. The average molecular weight is 288 g/mol. The summed E-state index contributed by atoms with van der Waals surface area (Å²) < 4.78 is 5.78. The normalized spacial score (nSPS) is 20.7. The molecule has 0 spiro atoms. The summed E-state index contributed by atoms with van der Waals surface area (Å²) in [6.07, 6.45) is -1.26. The lowest BCUT2D eigenvalue weighted by molar-refractivity contribution is 0.0198. The molecule has 0 fully saturated rings. The Balaban J connectivity index is 2.00. The van der Waals surface area contributed by atoms with E-state index in [9.17, 15) is 20.4 Å². The number of hydrogen-bond donors (Lipinski definition) is 4. The molecular weight excluding hydrogens is 272 g/mol. The lowest BCUT2D eigenvalue weighted by atomic mass is 9.93. The second-order valence-electron chi connectivity index (χ2n) is 5.32. The Morgan fingerprint density at radius 1 is 1.00 bits per heavy atom. The highest BCUT2D eigenvalue weighted by molar-refractivity contribution is 5.50. The van der Waals surface area contributed by atoms with E-state index in [1.54, 1.807) is 18.2 Å². The summed E-state index contributed by atoms with van der Waals surface area (Å²) in [6, 6.07) is 7.73. The number of benzene rings is 2. The zero-order valence-corrected chi connectivity index (χ0v) is 11.4. The molecule has 4 N–H and O–H groups in total. The molecule has 0 saturated carbocycles. The zero-order valence-electron chi connectivity index (χ0n) is 11.4. The van der Waals surface area contributed by atoms with Crippen LogP contribution in [0.4, 0.5) is 0 Å². The van der Waals surface area contributed by atoms with Crippen LogP contribution in [0.5, 0.6) is 23.0 Å². The van der Waals surface area contributed by atoms with E-state index in [2.05, 4.69) is 0 Å². The van der Waals surface area contributed by atoms with Crippen molar-refractivity contribution in [2.45, 2.75) is 25.6 Å². The topological polar surface area (TPSA) is 90.2 Å². The average Bonchev–Trinajstić information content (AvgIpc) is 2.42. The number of hydrogen-bond acceptors (Lipinski definition) is 5. The molecule has 2 aromatic carbocycles. The van der Waals surface area contributed by atoms with E-state index in [1.807, 2.05) is 6.92 Å². The molecule has 5 heteroatoms. The summed E-state index contributed by atoms with van der Waals surface area (Å²) in [6.45, 7) is 1.84. The minimum atomic E-state index is -0.852. The van der Waals surface area contributed by atoms with Crippen molar-refractivity contribution in [3.63, 3.8) is 0 Å². The Labute approximate surface area is 121 Å². The van der Waals surface area contributed by atoms with E-state index in [4.69, 9.17) is 4.74 Å². The van der Waals surface area contributed by atoms with Crippen molar-refractivity contribution in [3.05, 3.63) is 47.0 Å². The molecule has 1 aliphatic rings. The van der Waals surface area contributed by atoms with Gasteiger partial charge in [-0.15, -0.1) is 0 Å². The maximum absolute atomic E-state index is 10.2. The molecule has 21 heavy (non-hydrogen) atoms. The number of ether oxygens (including phenoxy) is 1.